The van der Waals surface area contributed by atoms with Crippen LogP contribution in [0.1, 0.15) is 20.7 Å². The van der Waals surface area contributed by atoms with Gasteiger partial charge in [0, 0.05) is 11.6 Å². The molecule has 0 heterocycles. The van der Waals surface area contributed by atoms with Crippen LogP contribution >= 0.6 is 0 Å². The van der Waals surface area contributed by atoms with E-state index in [1.807, 2.05) is 0 Å². The molecule has 22 heavy (non-hydrogen) atoms. The number of allylic oxidation sites excluding steroid dienone is 2. The third kappa shape index (κ3) is 2.33. The number of benzene rings is 2. The minimum atomic E-state index is -0.462. The first kappa shape index (κ1) is 13.9. The van der Waals surface area contributed by atoms with Crippen molar-refractivity contribution in [2.24, 2.45) is 0 Å². The Hall–Kier alpha value is -3.08. The Balaban J connectivity index is 1.93. The van der Waals surface area contributed by atoms with Crippen molar-refractivity contribution in [1.82, 2.24) is 0 Å². The molecule has 0 saturated carbocycles. The average Bonchev–Trinajstić information content (AvgIpc) is 2.53. The molecular formula is C17H12O5. The first-order valence-electron chi connectivity index (χ1n) is 6.55. The zero-order valence-corrected chi connectivity index (χ0v) is 11.7. The molecule has 2 aromatic rings. The maximum atomic E-state index is 12.4. The van der Waals surface area contributed by atoms with Crippen molar-refractivity contribution in [3.8, 4) is 17.2 Å². The maximum absolute atomic E-state index is 12.4. The van der Waals surface area contributed by atoms with Crippen LogP contribution in [0.3, 0.4) is 0 Å². The molecular weight excluding hydrogens is 284 g/mol. The predicted octanol–water partition coefficient (Wildman–Crippen LogP) is 2.74. The molecule has 1 aliphatic rings. The van der Waals surface area contributed by atoms with Crippen LogP contribution in [0.2, 0.25) is 0 Å². The van der Waals surface area contributed by atoms with Gasteiger partial charge >= 0.3 is 0 Å². The van der Waals surface area contributed by atoms with Gasteiger partial charge in [-0.25, -0.2) is 0 Å². The maximum Gasteiger partial charge on any atom is 0.229 e. The summed E-state index contributed by atoms with van der Waals surface area (Å²) in [6.07, 6.45) is 1.09. The molecule has 0 unspecified atom stereocenters. The molecule has 0 atom stereocenters. The summed E-state index contributed by atoms with van der Waals surface area (Å²) in [6, 6.07) is 11.0. The number of ketones is 2. The van der Waals surface area contributed by atoms with Crippen molar-refractivity contribution in [2.45, 2.75) is 0 Å². The smallest absolute Gasteiger partial charge is 0.229 e. The Labute approximate surface area is 126 Å². The lowest BCUT2D eigenvalue weighted by Crippen LogP contribution is -2.20. The van der Waals surface area contributed by atoms with E-state index in [1.54, 1.807) is 31.4 Å². The summed E-state index contributed by atoms with van der Waals surface area (Å²) >= 11 is 0. The van der Waals surface area contributed by atoms with E-state index in [4.69, 9.17) is 9.47 Å². The summed E-state index contributed by atoms with van der Waals surface area (Å²) in [5, 5.41) is 9.72. The lowest BCUT2D eigenvalue weighted by molar-refractivity contribution is 0.0945. The highest BCUT2D eigenvalue weighted by Crippen LogP contribution is 2.29. The molecule has 0 spiro atoms. The zero-order valence-electron chi connectivity index (χ0n) is 11.7. The van der Waals surface area contributed by atoms with Crippen LogP contribution in [0, 0.1) is 0 Å². The minimum Gasteiger partial charge on any atom is -0.507 e. The van der Waals surface area contributed by atoms with E-state index in [2.05, 4.69) is 0 Å². The standard InChI is InChI=1S/C17H12O5/c1-21-10-5-7-11(8-6-10)22-15-9-14(19)16-12(17(15)20)3-2-4-13(16)18/h2-9,18H,1H3. The number of carbonyl (C=O) groups excluding carboxylic acids is 2. The molecule has 5 heteroatoms. The van der Waals surface area contributed by atoms with E-state index in [9.17, 15) is 14.7 Å². The number of hydrogen-bond acceptors (Lipinski definition) is 5. The third-order valence-electron chi connectivity index (χ3n) is 3.31. The van der Waals surface area contributed by atoms with Gasteiger partial charge in [-0.1, -0.05) is 6.07 Å². The van der Waals surface area contributed by atoms with Crippen molar-refractivity contribution >= 4 is 11.6 Å². The fourth-order valence-corrected chi connectivity index (χ4v) is 2.22. The number of phenols is 1. The van der Waals surface area contributed by atoms with Crippen molar-refractivity contribution in [2.75, 3.05) is 7.11 Å². The van der Waals surface area contributed by atoms with Crippen LogP contribution in [0.4, 0.5) is 0 Å². The van der Waals surface area contributed by atoms with Gasteiger partial charge in [-0.05, 0) is 36.4 Å². The largest absolute Gasteiger partial charge is 0.507 e. The number of rotatable bonds is 3. The summed E-state index contributed by atoms with van der Waals surface area (Å²) in [5.41, 5.74) is 0.144. The number of carbonyl (C=O) groups is 2. The van der Waals surface area contributed by atoms with Gasteiger partial charge in [0.15, 0.2) is 11.5 Å². The van der Waals surface area contributed by atoms with Crippen LogP contribution in [0.15, 0.2) is 54.3 Å². The first-order chi connectivity index (χ1) is 10.6. The Morgan fingerprint density at radius 3 is 2.32 bits per heavy atom. The summed E-state index contributed by atoms with van der Waals surface area (Å²) in [5.74, 6) is -0.124. The molecule has 0 fully saturated rings. The molecule has 0 radical (unpaired) electrons. The van der Waals surface area contributed by atoms with Gasteiger partial charge in [0.1, 0.15) is 17.2 Å². The summed E-state index contributed by atoms with van der Waals surface area (Å²) in [6.45, 7) is 0. The average molecular weight is 296 g/mol. The molecule has 1 aliphatic carbocycles. The highest BCUT2D eigenvalue weighted by Gasteiger charge is 2.29. The molecule has 0 bridgehead atoms. The topological polar surface area (TPSA) is 72.8 Å². The zero-order chi connectivity index (χ0) is 15.7. The number of fused-ring (bicyclic) bond motifs is 1. The van der Waals surface area contributed by atoms with Crippen molar-refractivity contribution in [3.63, 3.8) is 0 Å². The molecule has 5 nitrogen and oxygen atoms in total. The van der Waals surface area contributed by atoms with Gasteiger partial charge in [-0.15, -0.1) is 0 Å². The highest BCUT2D eigenvalue weighted by molar-refractivity contribution is 6.24. The van der Waals surface area contributed by atoms with Gasteiger partial charge in [-0.2, -0.15) is 0 Å². The van der Waals surface area contributed by atoms with Crippen molar-refractivity contribution in [3.05, 3.63) is 65.4 Å². The molecule has 0 amide bonds. The molecule has 3 rings (SSSR count). The number of methoxy groups -OCH3 is 1. The van der Waals surface area contributed by atoms with E-state index in [0.717, 1.165) is 6.08 Å². The third-order valence-corrected chi connectivity index (χ3v) is 3.31. The quantitative estimate of drug-likeness (QED) is 0.942. The van der Waals surface area contributed by atoms with E-state index < -0.39 is 11.6 Å². The first-order valence-corrected chi connectivity index (χ1v) is 6.55. The van der Waals surface area contributed by atoms with Gasteiger partial charge in [0.05, 0.1) is 12.7 Å². The lowest BCUT2D eigenvalue weighted by atomic mass is 9.93. The van der Waals surface area contributed by atoms with Crippen LogP contribution in [-0.2, 0) is 0 Å². The fraction of sp³-hybridized carbons (Fsp3) is 0.0588. The fourth-order valence-electron chi connectivity index (χ4n) is 2.22. The molecule has 1 N–H and O–H groups in total. The monoisotopic (exact) mass is 296 g/mol. The van der Waals surface area contributed by atoms with Crippen LogP contribution in [0.5, 0.6) is 17.2 Å². The molecule has 0 saturated heterocycles. The van der Waals surface area contributed by atoms with Crippen LogP contribution in [-0.4, -0.2) is 23.8 Å². The molecule has 0 aliphatic heterocycles. The highest BCUT2D eigenvalue weighted by atomic mass is 16.5. The van der Waals surface area contributed by atoms with E-state index in [1.165, 1.54) is 18.2 Å². The van der Waals surface area contributed by atoms with Crippen LogP contribution in [0.25, 0.3) is 0 Å². The second kappa shape index (κ2) is 5.37. The number of aromatic hydroxyl groups is 1. The Morgan fingerprint density at radius 1 is 0.955 bits per heavy atom. The second-order valence-corrected chi connectivity index (χ2v) is 4.68. The number of hydrogen-bond donors (Lipinski definition) is 1. The molecule has 2 aromatic carbocycles. The Morgan fingerprint density at radius 2 is 1.64 bits per heavy atom. The lowest BCUT2D eigenvalue weighted by Gasteiger charge is -2.16. The van der Waals surface area contributed by atoms with Gasteiger partial charge in [-0.3, -0.25) is 9.59 Å². The SMILES string of the molecule is COc1ccc(OC2=CC(=O)c3c(O)cccc3C2=O)cc1. The Kier molecular flexibility index (Phi) is 3.39. The minimum absolute atomic E-state index is 0.00887. The number of Topliss-reactive ketones (excluding diaryl/α,β-unsaturated/α-hetero) is 1. The molecule has 110 valence electrons. The normalized spacial score (nSPS) is 13.4. The van der Waals surface area contributed by atoms with Crippen molar-refractivity contribution in [1.29, 1.82) is 0 Å². The Bertz CT molecular complexity index is 787. The van der Waals surface area contributed by atoms with Crippen molar-refractivity contribution < 1.29 is 24.2 Å². The number of phenolic OH excluding ortho intramolecular Hbond substituents is 1. The van der Waals surface area contributed by atoms with Gasteiger partial charge in [0.2, 0.25) is 5.78 Å². The van der Waals surface area contributed by atoms with E-state index in [0.29, 0.717) is 11.5 Å². The number of ether oxygens (including phenoxy) is 2. The van der Waals surface area contributed by atoms with E-state index in [-0.39, 0.29) is 22.6 Å². The van der Waals surface area contributed by atoms with Crippen LogP contribution < -0.4 is 9.47 Å². The van der Waals surface area contributed by atoms with E-state index >= 15 is 0 Å². The summed E-state index contributed by atoms with van der Waals surface area (Å²) in [4.78, 5) is 24.4. The summed E-state index contributed by atoms with van der Waals surface area (Å²) < 4.78 is 10.5. The second-order valence-electron chi connectivity index (χ2n) is 4.68. The van der Waals surface area contributed by atoms with Gasteiger partial charge in [0.25, 0.3) is 0 Å². The van der Waals surface area contributed by atoms with Gasteiger partial charge < -0.3 is 14.6 Å². The summed E-state index contributed by atoms with van der Waals surface area (Å²) in [7, 11) is 1.55. The molecule has 0 aromatic heterocycles. The predicted molar refractivity (Wildman–Crippen MR) is 78.5 cm³/mol.